The Balaban J connectivity index is 1.73. The molecule has 7 heteroatoms. The van der Waals surface area contributed by atoms with E-state index in [4.69, 9.17) is 9.47 Å². The van der Waals surface area contributed by atoms with Crippen LogP contribution in [0.5, 0.6) is 11.5 Å². The van der Waals surface area contributed by atoms with Crippen LogP contribution in [0.2, 0.25) is 0 Å². The molecule has 0 aliphatic carbocycles. The fourth-order valence-corrected chi connectivity index (χ4v) is 2.15. The zero-order chi connectivity index (χ0) is 15.5. The molecule has 114 valence electrons. The molecule has 1 aromatic heterocycles. The van der Waals surface area contributed by atoms with E-state index in [9.17, 15) is 9.59 Å². The summed E-state index contributed by atoms with van der Waals surface area (Å²) in [6.07, 6.45) is 0. The van der Waals surface area contributed by atoms with E-state index >= 15 is 0 Å². The van der Waals surface area contributed by atoms with Gasteiger partial charge in [-0.3, -0.25) is 9.59 Å². The molecule has 2 aromatic rings. The largest absolute Gasteiger partial charge is 0.486 e. The zero-order valence-electron chi connectivity index (χ0n) is 12.0. The second kappa shape index (κ2) is 5.88. The topological polar surface area (TPSA) is 93.3 Å². The molecule has 1 amide bonds. The van der Waals surface area contributed by atoms with Crippen LogP contribution in [0.4, 0.5) is 0 Å². The summed E-state index contributed by atoms with van der Waals surface area (Å²) >= 11 is 0. The predicted octanol–water partition coefficient (Wildman–Crippen LogP) is 1.03. The number of benzene rings is 1. The first-order valence-corrected chi connectivity index (χ1v) is 6.89. The van der Waals surface area contributed by atoms with E-state index in [2.05, 4.69) is 15.5 Å². The maximum Gasteiger partial charge on any atom is 0.272 e. The molecule has 0 radical (unpaired) electrons. The molecule has 1 aromatic carbocycles. The summed E-state index contributed by atoms with van der Waals surface area (Å²) in [5.74, 6) is 1.02. The molecule has 0 spiro atoms. The maximum absolute atomic E-state index is 12.1. The van der Waals surface area contributed by atoms with Gasteiger partial charge in [-0.05, 0) is 30.7 Å². The molecule has 1 unspecified atom stereocenters. The summed E-state index contributed by atoms with van der Waals surface area (Å²) < 4.78 is 11.0. The molecule has 1 atom stereocenters. The van der Waals surface area contributed by atoms with Crippen molar-refractivity contribution in [1.29, 1.82) is 0 Å². The van der Waals surface area contributed by atoms with Crippen molar-refractivity contribution in [3.05, 3.63) is 51.9 Å². The fraction of sp³-hybridized carbons (Fsp3) is 0.267. The van der Waals surface area contributed by atoms with Gasteiger partial charge in [-0.2, -0.15) is 5.10 Å². The van der Waals surface area contributed by atoms with Gasteiger partial charge in [0.25, 0.3) is 11.5 Å². The summed E-state index contributed by atoms with van der Waals surface area (Å²) in [6, 6.07) is 7.95. The van der Waals surface area contributed by atoms with Gasteiger partial charge in [-0.15, -0.1) is 0 Å². The van der Waals surface area contributed by atoms with Crippen LogP contribution in [0.25, 0.3) is 0 Å². The number of aromatic nitrogens is 2. The maximum atomic E-state index is 12.1. The molecule has 3 rings (SSSR count). The van der Waals surface area contributed by atoms with E-state index in [0.29, 0.717) is 24.7 Å². The summed E-state index contributed by atoms with van der Waals surface area (Å²) in [4.78, 5) is 23.0. The third kappa shape index (κ3) is 2.93. The quantitative estimate of drug-likeness (QED) is 0.883. The predicted molar refractivity (Wildman–Crippen MR) is 78.2 cm³/mol. The molecule has 7 nitrogen and oxygen atoms in total. The van der Waals surface area contributed by atoms with Crippen molar-refractivity contribution in [3.8, 4) is 11.5 Å². The first-order valence-electron chi connectivity index (χ1n) is 6.89. The van der Waals surface area contributed by atoms with Gasteiger partial charge in [0.05, 0.1) is 6.04 Å². The third-order valence-electron chi connectivity index (χ3n) is 3.33. The number of carbonyl (C=O) groups excluding carboxylic acids is 1. The highest BCUT2D eigenvalue weighted by Crippen LogP contribution is 2.32. The Bertz CT molecular complexity index is 736. The second-order valence-corrected chi connectivity index (χ2v) is 4.90. The van der Waals surface area contributed by atoms with Crippen LogP contribution in [0.15, 0.2) is 35.1 Å². The summed E-state index contributed by atoms with van der Waals surface area (Å²) in [6.45, 7) is 2.91. The number of carbonyl (C=O) groups is 1. The zero-order valence-corrected chi connectivity index (χ0v) is 12.0. The second-order valence-electron chi connectivity index (χ2n) is 4.90. The van der Waals surface area contributed by atoms with Crippen LogP contribution < -0.4 is 20.3 Å². The number of fused-ring (bicyclic) bond motifs is 1. The van der Waals surface area contributed by atoms with Gasteiger partial charge in [0.1, 0.15) is 18.9 Å². The Kier molecular flexibility index (Phi) is 3.78. The molecule has 1 aliphatic rings. The highest BCUT2D eigenvalue weighted by Gasteiger charge is 2.17. The molecule has 0 bridgehead atoms. The molecular formula is C15H15N3O4. The smallest absolute Gasteiger partial charge is 0.272 e. The number of ether oxygens (including phenoxy) is 2. The highest BCUT2D eigenvalue weighted by atomic mass is 16.6. The number of nitrogens with zero attached hydrogens (tertiary/aromatic N) is 1. The van der Waals surface area contributed by atoms with Crippen molar-refractivity contribution >= 4 is 5.91 Å². The van der Waals surface area contributed by atoms with Crippen LogP contribution in [-0.2, 0) is 0 Å². The highest BCUT2D eigenvalue weighted by molar-refractivity contribution is 5.92. The van der Waals surface area contributed by atoms with E-state index < -0.39 is 0 Å². The van der Waals surface area contributed by atoms with E-state index in [1.807, 2.05) is 25.1 Å². The minimum Gasteiger partial charge on any atom is -0.486 e. The lowest BCUT2D eigenvalue weighted by Gasteiger charge is -2.21. The Hall–Kier alpha value is -2.83. The summed E-state index contributed by atoms with van der Waals surface area (Å²) in [5.41, 5.74) is 0.697. The fourth-order valence-electron chi connectivity index (χ4n) is 2.15. The Morgan fingerprint density at radius 3 is 2.73 bits per heavy atom. The van der Waals surface area contributed by atoms with Crippen LogP contribution in [-0.4, -0.2) is 29.3 Å². The van der Waals surface area contributed by atoms with Crippen LogP contribution in [0.3, 0.4) is 0 Å². The van der Waals surface area contributed by atoms with Crippen molar-refractivity contribution in [2.75, 3.05) is 13.2 Å². The standard InChI is InChI=1S/C15H15N3O4/c1-9(16-15(20)11-3-5-14(19)18-17-11)10-2-4-12-13(8-10)22-7-6-21-12/h2-5,8-9H,6-7H2,1H3,(H,16,20)(H,18,19). The van der Waals surface area contributed by atoms with Crippen LogP contribution >= 0.6 is 0 Å². The molecule has 0 fully saturated rings. The Morgan fingerprint density at radius 1 is 1.23 bits per heavy atom. The van der Waals surface area contributed by atoms with Crippen LogP contribution in [0, 0.1) is 0 Å². The van der Waals surface area contributed by atoms with Gasteiger partial charge in [0, 0.05) is 6.07 Å². The van der Waals surface area contributed by atoms with E-state index in [1.165, 1.54) is 12.1 Å². The molecule has 22 heavy (non-hydrogen) atoms. The van der Waals surface area contributed by atoms with E-state index in [-0.39, 0.29) is 23.2 Å². The van der Waals surface area contributed by atoms with Crippen molar-refractivity contribution < 1.29 is 14.3 Å². The first-order chi connectivity index (χ1) is 10.6. The van der Waals surface area contributed by atoms with Gasteiger partial charge in [-0.1, -0.05) is 6.07 Å². The van der Waals surface area contributed by atoms with Gasteiger partial charge >= 0.3 is 0 Å². The number of amides is 1. The van der Waals surface area contributed by atoms with Gasteiger partial charge in [0.15, 0.2) is 11.5 Å². The lowest BCUT2D eigenvalue weighted by molar-refractivity contribution is 0.0933. The normalized spacial score (nSPS) is 14.2. The SMILES string of the molecule is CC(NC(=O)c1ccc(=O)[nH]n1)c1ccc2c(c1)OCCO2. The van der Waals surface area contributed by atoms with Crippen molar-refractivity contribution in [1.82, 2.24) is 15.5 Å². The lowest BCUT2D eigenvalue weighted by atomic mass is 10.1. The average molecular weight is 301 g/mol. The van der Waals surface area contributed by atoms with Gasteiger partial charge in [-0.25, -0.2) is 5.10 Å². The lowest BCUT2D eigenvalue weighted by Crippen LogP contribution is -2.28. The van der Waals surface area contributed by atoms with E-state index in [0.717, 1.165) is 5.56 Å². The number of nitrogens with one attached hydrogen (secondary N) is 2. The molecule has 2 heterocycles. The Labute approximate surface area is 126 Å². The minimum absolute atomic E-state index is 0.156. The van der Waals surface area contributed by atoms with E-state index in [1.54, 1.807) is 0 Å². The Morgan fingerprint density at radius 2 is 2.00 bits per heavy atom. The molecule has 1 aliphatic heterocycles. The summed E-state index contributed by atoms with van der Waals surface area (Å²) in [7, 11) is 0. The molecular weight excluding hydrogens is 286 g/mol. The number of hydrogen-bond donors (Lipinski definition) is 2. The third-order valence-corrected chi connectivity index (χ3v) is 3.33. The van der Waals surface area contributed by atoms with Crippen molar-refractivity contribution in [2.24, 2.45) is 0 Å². The summed E-state index contributed by atoms with van der Waals surface area (Å²) in [5, 5.41) is 8.75. The molecule has 0 saturated carbocycles. The molecule has 2 N–H and O–H groups in total. The van der Waals surface area contributed by atoms with Gasteiger partial charge < -0.3 is 14.8 Å². The average Bonchev–Trinajstić information content (AvgIpc) is 2.55. The minimum atomic E-state index is -0.362. The number of aromatic amines is 1. The van der Waals surface area contributed by atoms with Crippen molar-refractivity contribution in [2.45, 2.75) is 13.0 Å². The number of hydrogen-bond acceptors (Lipinski definition) is 5. The van der Waals surface area contributed by atoms with Crippen molar-refractivity contribution in [3.63, 3.8) is 0 Å². The number of H-pyrrole nitrogens is 1. The molecule has 0 saturated heterocycles. The number of rotatable bonds is 3. The van der Waals surface area contributed by atoms with Crippen LogP contribution in [0.1, 0.15) is 29.0 Å². The first kappa shape index (κ1) is 14.1. The monoisotopic (exact) mass is 301 g/mol. The van der Waals surface area contributed by atoms with Gasteiger partial charge in [0.2, 0.25) is 0 Å².